The monoisotopic (exact) mass is 543 g/mol. The fraction of sp³-hybridized carbons (Fsp3) is 0.407. The summed E-state index contributed by atoms with van der Waals surface area (Å²) in [6.45, 7) is 9.75. The van der Waals surface area contributed by atoms with Crippen molar-refractivity contribution in [2.75, 3.05) is 29.5 Å². The molecular formula is C27H34ClN5O3S. The zero-order chi connectivity index (χ0) is 26.6. The van der Waals surface area contributed by atoms with Crippen LogP contribution in [0.25, 0.3) is 0 Å². The molecule has 37 heavy (non-hydrogen) atoms. The molecule has 8 nitrogen and oxygen atoms in total. The maximum atomic E-state index is 12.6. The number of hydrogen-bond donors (Lipinski definition) is 3. The van der Waals surface area contributed by atoms with Crippen LogP contribution in [0.3, 0.4) is 0 Å². The van der Waals surface area contributed by atoms with Gasteiger partial charge in [-0.15, -0.1) is 0 Å². The van der Waals surface area contributed by atoms with Gasteiger partial charge in [-0.3, -0.25) is 0 Å². The van der Waals surface area contributed by atoms with Gasteiger partial charge in [-0.1, -0.05) is 30.7 Å². The van der Waals surface area contributed by atoms with E-state index in [-0.39, 0.29) is 21.8 Å². The Labute approximate surface area is 224 Å². The number of ether oxygens (including phenoxy) is 1. The fourth-order valence-corrected chi connectivity index (χ4v) is 5.67. The van der Waals surface area contributed by atoms with E-state index in [4.69, 9.17) is 16.3 Å². The molecule has 0 amide bonds. The molecule has 2 heterocycles. The van der Waals surface area contributed by atoms with Gasteiger partial charge < -0.3 is 20.7 Å². The number of piperidine rings is 1. The molecule has 1 aromatic heterocycles. The standard InChI is InChI=1S/C27H34ClN5O3S/c1-5-37(34,35)25-9-7-6-8-22(25)31-26-21(28)16-30-27(33-26)32-23-14-18(4)20(15-24(23)36-17(2)3)19-10-12-29-13-11-19/h6-9,14-17,19,29H,5,10-13H2,1-4H3,(H2,30,31,32,33). The Balaban J connectivity index is 1.66. The van der Waals surface area contributed by atoms with E-state index in [1.54, 1.807) is 31.2 Å². The molecule has 0 radical (unpaired) electrons. The first kappa shape index (κ1) is 27.2. The number of para-hydroxylation sites is 1. The van der Waals surface area contributed by atoms with E-state index >= 15 is 0 Å². The predicted octanol–water partition coefficient (Wildman–Crippen LogP) is 5.97. The van der Waals surface area contributed by atoms with Crippen LogP contribution < -0.4 is 20.7 Å². The summed E-state index contributed by atoms with van der Waals surface area (Å²) in [5.41, 5.74) is 3.64. The average molecular weight is 544 g/mol. The third-order valence-corrected chi connectivity index (χ3v) is 8.42. The van der Waals surface area contributed by atoms with Crippen LogP contribution >= 0.6 is 11.6 Å². The highest BCUT2D eigenvalue weighted by molar-refractivity contribution is 7.91. The molecule has 4 rings (SSSR count). The average Bonchev–Trinajstić information content (AvgIpc) is 2.88. The van der Waals surface area contributed by atoms with Crippen molar-refractivity contribution in [1.82, 2.24) is 15.3 Å². The van der Waals surface area contributed by atoms with Crippen LogP contribution in [0.2, 0.25) is 5.02 Å². The topological polar surface area (TPSA) is 105 Å². The summed E-state index contributed by atoms with van der Waals surface area (Å²) in [6, 6.07) is 10.9. The van der Waals surface area contributed by atoms with E-state index in [0.717, 1.165) is 37.4 Å². The van der Waals surface area contributed by atoms with Gasteiger partial charge in [-0.05, 0) is 88.0 Å². The highest BCUT2D eigenvalue weighted by atomic mass is 35.5. The van der Waals surface area contributed by atoms with Crippen LogP contribution in [0.1, 0.15) is 50.7 Å². The minimum absolute atomic E-state index is 0.00971. The van der Waals surface area contributed by atoms with Crippen molar-refractivity contribution in [3.05, 3.63) is 58.7 Å². The second kappa shape index (κ2) is 11.7. The Hall–Kier alpha value is -2.88. The van der Waals surface area contributed by atoms with Crippen molar-refractivity contribution in [3.8, 4) is 5.75 Å². The van der Waals surface area contributed by atoms with E-state index in [2.05, 4.69) is 45.0 Å². The lowest BCUT2D eigenvalue weighted by atomic mass is 9.87. The minimum Gasteiger partial charge on any atom is -0.489 e. The van der Waals surface area contributed by atoms with Crippen molar-refractivity contribution in [3.63, 3.8) is 0 Å². The molecule has 3 aromatic rings. The maximum Gasteiger partial charge on any atom is 0.229 e. The van der Waals surface area contributed by atoms with Crippen molar-refractivity contribution in [1.29, 1.82) is 0 Å². The third kappa shape index (κ3) is 6.52. The van der Waals surface area contributed by atoms with E-state index in [0.29, 0.717) is 23.4 Å². The summed E-state index contributed by atoms with van der Waals surface area (Å²) in [7, 11) is -3.44. The molecule has 0 atom stereocenters. The van der Waals surface area contributed by atoms with E-state index in [9.17, 15) is 8.42 Å². The predicted molar refractivity (Wildman–Crippen MR) is 150 cm³/mol. The van der Waals surface area contributed by atoms with Gasteiger partial charge >= 0.3 is 0 Å². The van der Waals surface area contributed by atoms with Crippen LogP contribution in [0.4, 0.5) is 23.1 Å². The summed E-state index contributed by atoms with van der Waals surface area (Å²) in [6.07, 6.45) is 3.66. The lowest BCUT2D eigenvalue weighted by Crippen LogP contribution is -2.27. The number of nitrogens with one attached hydrogen (secondary N) is 3. The van der Waals surface area contributed by atoms with Gasteiger partial charge in [-0.25, -0.2) is 13.4 Å². The normalized spacial score (nSPS) is 14.5. The SMILES string of the molecule is CCS(=O)(=O)c1ccccc1Nc1nc(Nc2cc(C)c(C3CCNCC3)cc2OC(C)C)ncc1Cl. The lowest BCUT2D eigenvalue weighted by Gasteiger charge is -2.26. The first-order chi connectivity index (χ1) is 17.7. The van der Waals surface area contributed by atoms with Crippen LogP contribution in [0.15, 0.2) is 47.5 Å². The first-order valence-corrected chi connectivity index (χ1v) is 14.6. The second-order valence-corrected chi connectivity index (χ2v) is 12.1. The lowest BCUT2D eigenvalue weighted by molar-refractivity contribution is 0.243. The molecule has 1 aliphatic rings. The molecule has 1 saturated heterocycles. The molecule has 1 aliphatic heterocycles. The smallest absolute Gasteiger partial charge is 0.229 e. The highest BCUT2D eigenvalue weighted by Gasteiger charge is 2.21. The summed E-state index contributed by atoms with van der Waals surface area (Å²) < 4.78 is 31.3. The Morgan fingerprint density at radius 2 is 1.86 bits per heavy atom. The molecule has 1 fully saturated rings. The van der Waals surface area contributed by atoms with Gasteiger partial charge in [-0.2, -0.15) is 4.98 Å². The first-order valence-electron chi connectivity index (χ1n) is 12.6. The second-order valence-electron chi connectivity index (χ2n) is 9.44. The molecule has 0 bridgehead atoms. The van der Waals surface area contributed by atoms with Crippen molar-refractivity contribution in [2.45, 2.75) is 57.5 Å². The Morgan fingerprint density at radius 1 is 1.14 bits per heavy atom. The zero-order valence-corrected chi connectivity index (χ0v) is 23.2. The Kier molecular flexibility index (Phi) is 8.56. The number of anilines is 4. The summed E-state index contributed by atoms with van der Waals surface area (Å²) >= 11 is 6.39. The maximum absolute atomic E-state index is 12.6. The summed E-state index contributed by atoms with van der Waals surface area (Å²) in [5, 5.41) is 10.1. The molecular weight excluding hydrogens is 510 g/mol. The number of nitrogens with zero attached hydrogens (tertiary/aromatic N) is 2. The molecule has 198 valence electrons. The number of aromatic nitrogens is 2. The van der Waals surface area contributed by atoms with Crippen LogP contribution in [0, 0.1) is 6.92 Å². The molecule has 2 aromatic carbocycles. The Morgan fingerprint density at radius 3 is 2.57 bits per heavy atom. The molecule has 0 aliphatic carbocycles. The minimum atomic E-state index is -3.44. The molecule has 0 unspecified atom stereocenters. The van der Waals surface area contributed by atoms with Crippen LogP contribution in [-0.2, 0) is 9.84 Å². The Bertz CT molecular complexity index is 1360. The van der Waals surface area contributed by atoms with Gasteiger partial charge in [0.1, 0.15) is 10.8 Å². The third-order valence-electron chi connectivity index (χ3n) is 6.36. The van der Waals surface area contributed by atoms with Gasteiger partial charge in [0, 0.05) is 0 Å². The molecule has 3 N–H and O–H groups in total. The van der Waals surface area contributed by atoms with Crippen molar-refractivity contribution in [2.24, 2.45) is 0 Å². The number of benzene rings is 2. The van der Waals surface area contributed by atoms with Crippen molar-refractivity contribution < 1.29 is 13.2 Å². The molecule has 10 heteroatoms. The van der Waals surface area contributed by atoms with Crippen molar-refractivity contribution >= 4 is 44.6 Å². The highest BCUT2D eigenvalue weighted by Crippen LogP contribution is 2.37. The largest absolute Gasteiger partial charge is 0.489 e. The molecule has 0 saturated carbocycles. The zero-order valence-electron chi connectivity index (χ0n) is 21.6. The number of aryl methyl sites for hydroxylation is 1. The molecule has 0 spiro atoms. The van der Waals surface area contributed by atoms with E-state index in [1.165, 1.54) is 17.3 Å². The van der Waals surface area contributed by atoms with E-state index < -0.39 is 9.84 Å². The van der Waals surface area contributed by atoms with Gasteiger partial charge in [0.15, 0.2) is 15.7 Å². The number of rotatable bonds is 9. The van der Waals surface area contributed by atoms with Crippen LogP contribution in [-0.4, -0.2) is 43.3 Å². The summed E-state index contributed by atoms with van der Waals surface area (Å²) in [4.78, 5) is 9.09. The number of hydrogen-bond acceptors (Lipinski definition) is 8. The summed E-state index contributed by atoms with van der Waals surface area (Å²) in [5.74, 6) is 1.83. The number of sulfone groups is 1. The van der Waals surface area contributed by atoms with Crippen LogP contribution in [0.5, 0.6) is 5.75 Å². The quantitative estimate of drug-likeness (QED) is 0.303. The van der Waals surface area contributed by atoms with Gasteiger partial charge in [0.2, 0.25) is 5.95 Å². The number of halogens is 1. The fourth-order valence-electron chi connectivity index (χ4n) is 4.49. The van der Waals surface area contributed by atoms with E-state index in [1.807, 2.05) is 13.8 Å². The van der Waals surface area contributed by atoms with Gasteiger partial charge in [0.25, 0.3) is 0 Å². The van der Waals surface area contributed by atoms with Gasteiger partial charge in [0.05, 0.1) is 34.3 Å².